The number of ether oxygens (including phenoxy) is 2. The number of fused-ring (bicyclic) bond motifs is 1. The molecule has 0 bridgehead atoms. The lowest BCUT2D eigenvalue weighted by atomic mass is 10.0. The fourth-order valence-corrected chi connectivity index (χ4v) is 1.49. The molecule has 2 atom stereocenters. The zero-order valence-electron chi connectivity index (χ0n) is 8.30. The number of aliphatic hydroxyl groups excluding tert-OH is 1. The van der Waals surface area contributed by atoms with Crippen LogP contribution in [0.2, 0.25) is 0 Å². The Labute approximate surface area is 87.0 Å². The van der Waals surface area contributed by atoms with Gasteiger partial charge in [0.05, 0.1) is 6.10 Å². The van der Waals surface area contributed by atoms with Gasteiger partial charge in [-0.05, 0) is 24.6 Å². The smallest absolute Gasteiger partial charge is 0.231 e. The van der Waals surface area contributed by atoms with Crippen molar-refractivity contribution in [2.45, 2.75) is 19.1 Å². The Hall–Kier alpha value is -1.46. The highest BCUT2D eigenvalue weighted by Gasteiger charge is 2.22. The van der Waals surface area contributed by atoms with Gasteiger partial charge in [-0.15, -0.1) is 0 Å². The van der Waals surface area contributed by atoms with Gasteiger partial charge in [0.1, 0.15) is 0 Å². The van der Waals surface area contributed by atoms with Gasteiger partial charge in [0.2, 0.25) is 12.5 Å². The number of rotatable bonds is 2. The summed E-state index contributed by atoms with van der Waals surface area (Å²) in [5.74, 6) is 0.708. The van der Waals surface area contributed by atoms with Crippen LogP contribution in [0.25, 0.3) is 0 Å². The van der Waals surface area contributed by atoms with Crippen molar-refractivity contribution < 1.29 is 19.7 Å². The number of phenols is 1. The van der Waals surface area contributed by atoms with E-state index in [9.17, 15) is 10.2 Å². The summed E-state index contributed by atoms with van der Waals surface area (Å²) in [4.78, 5) is 0. The molecule has 82 valence electrons. The zero-order valence-corrected chi connectivity index (χ0v) is 8.30. The summed E-state index contributed by atoms with van der Waals surface area (Å²) in [6.07, 6.45) is -0.828. The van der Waals surface area contributed by atoms with E-state index < -0.39 is 12.1 Å². The van der Waals surface area contributed by atoms with Crippen molar-refractivity contribution in [1.29, 1.82) is 0 Å². The van der Waals surface area contributed by atoms with Crippen molar-refractivity contribution in [3.63, 3.8) is 0 Å². The van der Waals surface area contributed by atoms with Gasteiger partial charge in [0, 0.05) is 6.04 Å². The van der Waals surface area contributed by atoms with Crippen molar-refractivity contribution in [2.24, 2.45) is 5.73 Å². The molecule has 2 rings (SSSR count). The second-order valence-electron chi connectivity index (χ2n) is 3.58. The Morgan fingerprint density at radius 3 is 2.80 bits per heavy atom. The molecule has 0 radical (unpaired) electrons. The molecule has 1 aromatic rings. The molecule has 0 aromatic heterocycles. The minimum atomic E-state index is -0.828. The summed E-state index contributed by atoms with van der Waals surface area (Å²) in [5, 5.41) is 19.3. The zero-order chi connectivity index (χ0) is 11.0. The molecule has 1 heterocycles. The van der Waals surface area contributed by atoms with Crippen LogP contribution in [-0.4, -0.2) is 23.0 Å². The fourth-order valence-electron chi connectivity index (χ4n) is 1.49. The van der Waals surface area contributed by atoms with Crippen LogP contribution in [0.4, 0.5) is 0 Å². The summed E-state index contributed by atoms with van der Waals surface area (Å²) < 4.78 is 10.2. The van der Waals surface area contributed by atoms with E-state index in [0.29, 0.717) is 17.1 Å². The second-order valence-corrected chi connectivity index (χ2v) is 3.58. The maximum absolute atomic E-state index is 9.72. The lowest BCUT2D eigenvalue weighted by molar-refractivity contribution is 0.152. The maximum Gasteiger partial charge on any atom is 0.231 e. The van der Waals surface area contributed by atoms with Crippen molar-refractivity contribution in [3.05, 3.63) is 17.7 Å². The number of benzene rings is 1. The Balaban J connectivity index is 2.39. The fraction of sp³-hybridized carbons (Fsp3) is 0.400. The van der Waals surface area contributed by atoms with Crippen LogP contribution in [0.5, 0.6) is 17.2 Å². The number of phenolic OH excluding ortho intramolecular Hbond substituents is 1. The molecular weight excluding hydrogens is 198 g/mol. The van der Waals surface area contributed by atoms with Gasteiger partial charge in [-0.3, -0.25) is 0 Å². The number of aliphatic hydroxyl groups is 1. The summed E-state index contributed by atoms with van der Waals surface area (Å²) >= 11 is 0. The van der Waals surface area contributed by atoms with E-state index in [1.807, 2.05) is 0 Å². The first-order valence-electron chi connectivity index (χ1n) is 4.65. The van der Waals surface area contributed by atoms with Crippen LogP contribution in [0.15, 0.2) is 12.1 Å². The van der Waals surface area contributed by atoms with Gasteiger partial charge in [-0.2, -0.15) is 0 Å². The van der Waals surface area contributed by atoms with E-state index >= 15 is 0 Å². The average Bonchev–Trinajstić information content (AvgIpc) is 2.64. The van der Waals surface area contributed by atoms with Gasteiger partial charge in [0.15, 0.2) is 11.5 Å². The monoisotopic (exact) mass is 211 g/mol. The first-order valence-corrected chi connectivity index (χ1v) is 4.65. The Morgan fingerprint density at radius 2 is 2.13 bits per heavy atom. The highest BCUT2D eigenvalue weighted by atomic mass is 16.7. The molecule has 0 amide bonds. The molecular formula is C10H13NO4. The van der Waals surface area contributed by atoms with Crippen LogP contribution in [0.3, 0.4) is 0 Å². The molecule has 5 nitrogen and oxygen atoms in total. The Morgan fingerprint density at radius 1 is 1.40 bits per heavy atom. The number of aromatic hydroxyl groups is 1. The van der Waals surface area contributed by atoms with Crippen molar-refractivity contribution in [3.8, 4) is 17.2 Å². The van der Waals surface area contributed by atoms with Crippen LogP contribution in [0.1, 0.15) is 18.6 Å². The number of nitrogens with two attached hydrogens (primary N) is 1. The standard InChI is InChI=1S/C10H13NO4/c1-5(11)9(13)6-2-7(12)10-8(3-6)14-4-15-10/h2-3,5,9,12-13H,4,11H2,1H3. The summed E-state index contributed by atoms with van der Waals surface area (Å²) in [5.41, 5.74) is 6.08. The van der Waals surface area contributed by atoms with E-state index in [2.05, 4.69) is 0 Å². The molecule has 0 spiro atoms. The van der Waals surface area contributed by atoms with Crippen LogP contribution in [0, 0.1) is 0 Å². The molecule has 15 heavy (non-hydrogen) atoms. The first-order chi connectivity index (χ1) is 7.09. The Kier molecular flexibility index (Phi) is 2.42. The van der Waals surface area contributed by atoms with E-state index in [0.717, 1.165) is 0 Å². The quantitative estimate of drug-likeness (QED) is 0.663. The van der Waals surface area contributed by atoms with E-state index in [1.165, 1.54) is 6.07 Å². The van der Waals surface area contributed by atoms with Crippen LogP contribution >= 0.6 is 0 Å². The molecule has 0 fully saturated rings. The van der Waals surface area contributed by atoms with Gasteiger partial charge in [-0.1, -0.05) is 0 Å². The molecule has 5 heteroatoms. The third kappa shape index (κ3) is 1.71. The predicted octanol–water partition coefficient (Wildman–Crippen LogP) is 0.502. The summed E-state index contributed by atoms with van der Waals surface area (Å²) in [6.45, 7) is 1.77. The normalized spacial score (nSPS) is 17.5. The van der Waals surface area contributed by atoms with Gasteiger partial charge >= 0.3 is 0 Å². The van der Waals surface area contributed by atoms with Crippen LogP contribution in [-0.2, 0) is 0 Å². The lowest BCUT2D eigenvalue weighted by Gasteiger charge is -2.15. The second kappa shape index (κ2) is 3.60. The number of hydrogen-bond acceptors (Lipinski definition) is 5. The summed E-state index contributed by atoms with van der Waals surface area (Å²) in [7, 11) is 0. The van der Waals surface area contributed by atoms with Gasteiger partial charge < -0.3 is 25.4 Å². The van der Waals surface area contributed by atoms with Gasteiger partial charge in [-0.25, -0.2) is 0 Å². The van der Waals surface area contributed by atoms with Crippen molar-refractivity contribution >= 4 is 0 Å². The highest BCUT2D eigenvalue weighted by Crippen LogP contribution is 2.42. The predicted molar refractivity (Wildman–Crippen MR) is 52.8 cm³/mol. The first kappa shape index (κ1) is 10.1. The summed E-state index contributed by atoms with van der Waals surface area (Å²) in [6, 6.07) is 2.64. The number of hydrogen-bond donors (Lipinski definition) is 3. The SMILES string of the molecule is CC(N)C(O)c1cc(O)c2c(c1)OCO2. The largest absolute Gasteiger partial charge is 0.504 e. The minimum absolute atomic E-state index is 0.0419. The molecule has 0 saturated heterocycles. The van der Waals surface area contributed by atoms with E-state index in [1.54, 1.807) is 13.0 Å². The topological polar surface area (TPSA) is 84.9 Å². The maximum atomic E-state index is 9.72. The molecule has 4 N–H and O–H groups in total. The van der Waals surface area contributed by atoms with E-state index in [-0.39, 0.29) is 12.5 Å². The highest BCUT2D eigenvalue weighted by molar-refractivity contribution is 5.54. The third-order valence-electron chi connectivity index (χ3n) is 2.31. The molecule has 0 saturated carbocycles. The molecule has 1 aromatic carbocycles. The average molecular weight is 211 g/mol. The van der Waals surface area contributed by atoms with E-state index in [4.69, 9.17) is 15.2 Å². The van der Waals surface area contributed by atoms with Gasteiger partial charge in [0.25, 0.3) is 0 Å². The third-order valence-corrected chi connectivity index (χ3v) is 2.31. The van der Waals surface area contributed by atoms with Crippen molar-refractivity contribution in [1.82, 2.24) is 0 Å². The molecule has 1 aliphatic rings. The molecule has 0 aliphatic carbocycles. The molecule has 1 aliphatic heterocycles. The lowest BCUT2D eigenvalue weighted by Crippen LogP contribution is -2.24. The molecule has 2 unspecified atom stereocenters. The van der Waals surface area contributed by atoms with Crippen LogP contribution < -0.4 is 15.2 Å². The minimum Gasteiger partial charge on any atom is -0.504 e. The Bertz CT molecular complexity index is 378. The van der Waals surface area contributed by atoms with Crippen molar-refractivity contribution in [2.75, 3.05) is 6.79 Å².